The fourth-order valence-electron chi connectivity index (χ4n) is 2.37. The van der Waals surface area contributed by atoms with Gasteiger partial charge in [-0.05, 0) is 37.5 Å². The van der Waals surface area contributed by atoms with Crippen molar-refractivity contribution in [1.29, 1.82) is 0 Å². The maximum atomic E-state index is 12.2. The molecule has 5 heteroatoms. The van der Waals surface area contributed by atoms with Crippen molar-refractivity contribution in [3.8, 4) is 5.75 Å². The van der Waals surface area contributed by atoms with Crippen LogP contribution in [-0.4, -0.2) is 18.6 Å². The first-order valence-corrected chi connectivity index (χ1v) is 7.89. The van der Waals surface area contributed by atoms with Crippen LogP contribution in [0, 0.1) is 6.92 Å². The number of rotatable bonds is 7. The third kappa shape index (κ3) is 5.87. The largest absolute Gasteiger partial charge is 0.494 e. The van der Waals surface area contributed by atoms with Gasteiger partial charge in [-0.1, -0.05) is 42.5 Å². The Morgan fingerprint density at radius 3 is 2.58 bits per heavy atom. The Labute approximate surface area is 149 Å². The van der Waals surface area contributed by atoms with Gasteiger partial charge >= 0.3 is 0 Å². The molecule has 0 aliphatic carbocycles. The van der Waals surface area contributed by atoms with Crippen LogP contribution in [0.15, 0.2) is 48.5 Å². The number of carbonyl (C=O) groups excluding carboxylic acids is 1. The van der Waals surface area contributed by atoms with Crippen LogP contribution in [0.2, 0.25) is 0 Å². The molecule has 2 rings (SSSR count). The maximum Gasteiger partial charge on any atom is 0.237 e. The molecule has 0 spiro atoms. The van der Waals surface area contributed by atoms with E-state index in [-0.39, 0.29) is 18.3 Å². The second kappa shape index (κ2) is 9.96. The van der Waals surface area contributed by atoms with Gasteiger partial charge in [-0.2, -0.15) is 0 Å². The molecule has 24 heavy (non-hydrogen) atoms. The summed E-state index contributed by atoms with van der Waals surface area (Å²) in [6.45, 7) is 4.97. The van der Waals surface area contributed by atoms with Gasteiger partial charge in [-0.25, -0.2) is 0 Å². The standard InChI is InChI=1S/C19H24N2O2.ClH/c1-3-23-18-11-14(2)9-10-16(18)13-21-19(22)17(20)12-15-7-5-4-6-8-15;/h4-11,17H,3,12-13,20H2,1-2H3,(H,21,22);1H/t17-;/m0./s1. The molecule has 0 bridgehead atoms. The molecule has 0 aromatic heterocycles. The van der Waals surface area contributed by atoms with E-state index in [0.717, 1.165) is 22.4 Å². The number of amides is 1. The highest BCUT2D eigenvalue weighted by Crippen LogP contribution is 2.20. The van der Waals surface area contributed by atoms with Gasteiger partial charge in [0.1, 0.15) is 5.75 Å². The van der Waals surface area contributed by atoms with Crippen molar-refractivity contribution in [1.82, 2.24) is 5.32 Å². The highest BCUT2D eigenvalue weighted by atomic mass is 35.5. The predicted octanol–water partition coefficient (Wildman–Crippen LogP) is 3.00. The summed E-state index contributed by atoms with van der Waals surface area (Å²) in [7, 11) is 0. The van der Waals surface area contributed by atoms with Gasteiger partial charge < -0.3 is 15.8 Å². The molecule has 0 fully saturated rings. The number of hydrogen-bond donors (Lipinski definition) is 2. The van der Waals surface area contributed by atoms with E-state index < -0.39 is 6.04 Å². The van der Waals surface area contributed by atoms with Crippen molar-refractivity contribution in [3.05, 3.63) is 65.2 Å². The Hall–Kier alpha value is -2.04. The number of halogens is 1. The molecule has 0 saturated carbocycles. The molecule has 0 radical (unpaired) electrons. The molecule has 0 saturated heterocycles. The van der Waals surface area contributed by atoms with E-state index in [1.54, 1.807) is 0 Å². The quantitative estimate of drug-likeness (QED) is 0.808. The van der Waals surface area contributed by atoms with Gasteiger partial charge in [0, 0.05) is 12.1 Å². The normalized spacial score (nSPS) is 11.3. The lowest BCUT2D eigenvalue weighted by molar-refractivity contribution is -0.122. The number of aryl methyl sites for hydroxylation is 1. The zero-order valence-electron chi connectivity index (χ0n) is 14.1. The number of hydrogen-bond acceptors (Lipinski definition) is 3. The summed E-state index contributed by atoms with van der Waals surface area (Å²) in [6.07, 6.45) is 0.527. The first kappa shape index (κ1) is 20.0. The number of benzene rings is 2. The second-order valence-electron chi connectivity index (χ2n) is 5.56. The van der Waals surface area contributed by atoms with E-state index in [9.17, 15) is 4.79 Å². The van der Waals surface area contributed by atoms with Crippen molar-refractivity contribution in [2.45, 2.75) is 32.9 Å². The lowest BCUT2D eigenvalue weighted by atomic mass is 10.1. The van der Waals surface area contributed by atoms with Crippen LogP contribution in [-0.2, 0) is 17.8 Å². The Morgan fingerprint density at radius 2 is 1.92 bits per heavy atom. The average molecular weight is 349 g/mol. The SMILES string of the molecule is CCOc1cc(C)ccc1CNC(=O)[C@@H](N)Cc1ccccc1.Cl. The predicted molar refractivity (Wildman–Crippen MR) is 99.6 cm³/mol. The third-order valence-corrected chi connectivity index (χ3v) is 3.61. The molecule has 1 atom stereocenters. The zero-order valence-corrected chi connectivity index (χ0v) is 14.9. The molecule has 1 amide bonds. The van der Waals surface area contributed by atoms with Crippen LogP contribution in [0.4, 0.5) is 0 Å². The highest BCUT2D eigenvalue weighted by molar-refractivity contribution is 5.85. The van der Waals surface area contributed by atoms with Crippen LogP contribution >= 0.6 is 12.4 Å². The van der Waals surface area contributed by atoms with Crippen LogP contribution < -0.4 is 15.8 Å². The summed E-state index contributed by atoms with van der Waals surface area (Å²) >= 11 is 0. The van der Waals surface area contributed by atoms with E-state index in [4.69, 9.17) is 10.5 Å². The van der Waals surface area contributed by atoms with Crippen LogP contribution in [0.25, 0.3) is 0 Å². The molecule has 2 aromatic carbocycles. The summed E-state index contributed by atoms with van der Waals surface area (Å²) in [6, 6.07) is 15.2. The average Bonchev–Trinajstić information content (AvgIpc) is 2.55. The molecule has 2 aromatic rings. The van der Waals surface area contributed by atoms with Gasteiger partial charge in [-0.3, -0.25) is 4.79 Å². The van der Waals surface area contributed by atoms with Crippen LogP contribution in [0.1, 0.15) is 23.6 Å². The first-order chi connectivity index (χ1) is 11.1. The molecular weight excluding hydrogens is 324 g/mol. The number of nitrogens with one attached hydrogen (secondary N) is 1. The Kier molecular flexibility index (Phi) is 8.30. The fourth-order valence-corrected chi connectivity index (χ4v) is 2.37. The topological polar surface area (TPSA) is 64.3 Å². The molecular formula is C19H25ClN2O2. The highest BCUT2D eigenvalue weighted by Gasteiger charge is 2.14. The Bertz CT molecular complexity index is 647. The third-order valence-electron chi connectivity index (χ3n) is 3.61. The van der Waals surface area contributed by atoms with Crippen molar-refractivity contribution in [3.63, 3.8) is 0 Å². The van der Waals surface area contributed by atoms with Crippen molar-refractivity contribution in [2.24, 2.45) is 5.73 Å². The van der Waals surface area contributed by atoms with Gasteiger partial charge in [0.15, 0.2) is 0 Å². The summed E-state index contributed by atoms with van der Waals surface area (Å²) in [4.78, 5) is 12.2. The van der Waals surface area contributed by atoms with E-state index in [0.29, 0.717) is 19.6 Å². The summed E-state index contributed by atoms with van der Waals surface area (Å²) < 4.78 is 5.62. The van der Waals surface area contributed by atoms with Crippen LogP contribution in [0.5, 0.6) is 5.75 Å². The first-order valence-electron chi connectivity index (χ1n) is 7.89. The Morgan fingerprint density at radius 1 is 1.21 bits per heavy atom. The lowest BCUT2D eigenvalue weighted by Gasteiger charge is -2.15. The van der Waals surface area contributed by atoms with E-state index in [2.05, 4.69) is 5.32 Å². The van der Waals surface area contributed by atoms with Gasteiger partial charge in [-0.15, -0.1) is 12.4 Å². The molecule has 3 N–H and O–H groups in total. The summed E-state index contributed by atoms with van der Waals surface area (Å²) in [5.41, 5.74) is 9.13. The van der Waals surface area contributed by atoms with Crippen LogP contribution in [0.3, 0.4) is 0 Å². The molecule has 0 heterocycles. The maximum absolute atomic E-state index is 12.2. The fraction of sp³-hybridized carbons (Fsp3) is 0.316. The minimum absolute atomic E-state index is 0. The monoisotopic (exact) mass is 348 g/mol. The number of ether oxygens (including phenoxy) is 1. The second-order valence-corrected chi connectivity index (χ2v) is 5.56. The van der Waals surface area contributed by atoms with Crippen molar-refractivity contribution >= 4 is 18.3 Å². The van der Waals surface area contributed by atoms with E-state index in [1.807, 2.05) is 62.4 Å². The Balaban J connectivity index is 0.00000288. The molecule has 4 nitrogen and oxygen atoms in total. The molecule has 0 aliphatic heterocycles. The lowest BCUT2D eigenvalue weighted by Crippen LogP contribution is -2.41. The number of nitrogens with two attached hydrogens (primary N) is 1. The molecule has 130 valence electrons. The minimum Gasteiger partial charge on any atom is -0.494 e. The molecule has 0 unspecified atom stereocenters. The molecule has 0 aliphatic rings. The minimum atomic E-state index is -0.557. The van der Waals surface area contributed by atoms with Gasteiger partial charge in [0.25, 0.3) is 0 Å². The van der Waals surface area contributed by atoms with E-state index in [1.165, 1.54) is 0 Å². The smallest absolute Gasteiger partial charge is 0.237 e. The van der Waals surface area contributed by atoms with Crippen molar-refractivity contribution < 1.29 is 9.53 Å². The zero-order chi connectivity index (χ0) is 16.7. The summed E-state index contributed by atoms with van der Waals surface area (Å²) in [5, 5.41) is 2.89. The van der Waals surface area contributed by atoms with Crippen molar-refractivity contribution in [2.75, 3.05) is 6.61 Å². The van der Waals surface area contributed by atoms with Gasteiger partial charge in [0.05, 0.1) is 12.6 Å². The van der Waals surface area contributed by atoms with E-state index >= 15 is 0 Å². The number of carbonyl (C=O) groups is 1. The van der Waals surface area contributed by atoms with Gasteiger partial charge in [0.2, 0.25) is 5.91 Å². The summed E-state index contributed by atoms with van der Waals surface area (Å²) in [5.74, 6) is 0.654.